The number of alkyl halides is 3. The predicted octanol–water partition coefficient (Wildman–Crippen LogP) is 3.22. The van der Waals surface area contributed by atoms with Crippen LogP contribution in [0.4, 0.5) is 18.3 Å². The lowest BCUT2D eigenvalue weighted by molar-refractivity contribution is -0.141. The summed E-state index contributed by atoms with van der Waals surface area (Å²) >= 11 is 0.977. The standard InChI is InChI=1S/C10H16F3N3S/c1-2-3-4-5-15-9-16-8(10(11,12)13)7(6-14)17-9/h2-6,14H2,1H3,(H,15,16). The van der Waals surface area contributed by atoms with Crippen LogP contribution in [0.3, 0.4) is 0 Å². The Morgan fingerprint density at radius 3 is 2.53 bits per heavy atom. The van der Waals surface area contributed by atoms with Gasteiger partial charge in [-0.1, -0.05) is 19.8 Å². The molecular weight excluding hydrogens is 251 g/mol. The van der Waals surface area contributed by atoms with Crippen LogP contribution in [0.15, 0.2) is 0 Å². The van der Waals surface area contributed by atoms with Crippen LogP contribution >= 0.6 is 11.3 Å². The number of thiazole rings is 1. The zero-order valence-electron chi connectivity index (χ0n) is 9.60. The van der Waals surface area contributed by atoms with Crippen molar-refractivity contribution in [2.24, 2.45) is 5.73 Å². The minimum Gasteiger partial charge on any atom is -0.362 e. The lowest BCUT2D eigenvalue weighted by Gasteiger charge is -2.03. The topological polar surface area (TPSA) is 50.9 Å². The second-order valence-corrected chi connectivity index (χ2v) is 4.71. The van der Waals surface area contributed by atoms with Crippen molar-refractivity contribution in [1.29, 1.82) is 0 Å². The fraction of sp³-hybridized carbons (Fsp3) is 0.700. The van der Waals surface area contributed by atoms with Crippen molar-refractivity contribution in [1.82, 2.24) is 4.98 Å². The summed E-state index contributed by atoms with van der Waals surface area (Å²) in [6.07, 6.45) is -1.38. The Kier molecular flexibility index (Phi) is 5.20. The van der Waals surface area contributed by atoms with Gasteiger partial charge in [-0.05, 0) is 6.42 Å². The van der Waals surface area contributed by atoms with Gasteiger partial charge in [0.1, 0.15) is 0 Å². The number of unbranched alkanes of at least 4 members (excludes halogenated alkanes) is 2. The number of nitrogens with two attached hydrogens (primary N) is 1. The zero-order valence-corrected chi connectivity index (χ0v) is 10.4. The summed E-state index contributed by atoms with van der Waals surface area (Å²) < 4.78 is 37.7. The van der Waals surface area contributed by atoms with Crippen molar-refractivity contribution in [2.45, 2.75) is 38.9 Å². The summed E-state index contributed by atoms with van der Waals surface area (Å²) in [6.45, 7) is 2.57. The highest BCUT2D eigenvalue weighted by molar-refractivity contribution is 7.15. The normalized spacial score (nSPS) is 11.8. The van der Waals surface area contributed by atoms with Gasteiger partial charge in [-0.25, -0.2) is 4.98 Å². The SMILES string of the molecule is CCCCCNc1nc(C(F)(F)F)c(CN)s1. The third-order valence-electron chi connectivity index (χ3n) is 2.21. The van der Waals surface area contributed by atoms with E-state index in [9.17, 15) is 13.2 Å². The molecule has 0 aliphatic rings. The second-order valence-electron chi connectivity index (χ2n) is 3.63. The van der Waals surface area contributed by atoms with Gasteiger partial charge in [0.2, 0.25) is 0 Å². The molecule has 0 saturated heterocycles. The van der Waals surface area contributed by atoms with Crippen LogP contribution in [-0.4, -0.2) is 11.5 Å². The largest absolute Gasteiger partial charge is 0.434 e. The summed E-state index contributed by atoms with van der Waals surface area (Å²) in [5.74, 6) is 0. The molecular formula is C10H16F3N3S. The third-order valence-corrected chi connectivity index (χ3v) is 3.24. The average Bonchev–Trinajstić information content (AvgIpc) is 2.67. The van der Waals surface area contributed by atoms with E-state index in [4.69, 9.17) is 5.73 Å². The molecule has 0 saturated carbocycles. The van der Waals surface area contributed by atoms with Gasteiger partial charge in [-0.2, -0.15) is 13.2 Å². The molecule has 98 valence electrons. The summed E-state index contributed by atoms with van der Waals surface area (Å²) in [5.41, 5.74) is 4.42. The Hall–Kier alpha value is -0.820. The Morgan fingerprint density at radius 1 is 1.35 bits per heavy atom. The Balaban J connectivity index is 2.66. The molecule has 0 atom stereocenters. The minimum atomic E-state index is -4.42. The number of nitrogens with zero attached hydrogens (tertiary/aromatic N) is 1. The molecule has 3 nitrogen and oxygen atoms in total. The summed E-state index contributed by atoms with van der Waals surface area (Å²) in [7, 11) is 0. The third kappa shape index (κ3) is 4.16. The molecule has 0 unspecified atom stereocenters. The Labute approximate surface area is 102 Å². The van der Waals surface area contributed by atoms with E-state index in [1.54, 1.807) is 0 Å². The van der Waals surface area contributed by atoms with Gasteiger partial charge in [0.25, 0.3) is 0 Å². The van der Waals surface area contributed by atoms with Crippen molar-refractivity contribution in [3.63, 3.8) is 0 Å². The molecule has 3 N–H and O–H groups in total. The van der Waals surface area contributed by atoms with E-state index in [0.29, 0.717) is 11.7 Å². The Bertz CT molecular complexity index is 349. The van der Waals surface area contributed by atoms with E-state index < -0.39 is 11.9 Å². The van der Waals surface area contributed by atoms with Gasteiger partial charge in [-0.3, -0.25) is 0 Å². The molecule has 0 aromatic carbocycles. The first kappa shape index (κ1) is 14.2. The zero-order chi connectivity index (χ0) is 12.9. The average molecular weight is 267 g/mol. The van der Waals surface area contributed by atoms with Crippen LogP contribution in [-0.2, 0) is 12.7 Å². The lowest BCUT2D eigenvalue weighted by atomic mass is 10.2. The molecule has 7 heteroatoms. The number of hydrogen-bond donors (Lipinski definition) is 2. The number of rotatable bonds is 6. The molecule has 0 radical (unpaired) electrons. The molecule has 0 amide bonds. The molecule has 0 spiro atoms. The molecule has 1 rings (SSSR count). The van der Waals surface area contributed by atoms with Crippen LogP contribution in [0.1, 0.15) is 36.8 Å². The van der Waals surface area contributed by atoms with Gasteiger partial charge >= 0.3 is 6.18 Å². The monoisotopic (exact) mass is 267 g/mol. The maximum absolute atomic E-state index is 12.6. The number of anilines is 1. The summed E-state index contributed by atoms with van der Waals surface area (Å²) in [6, 6.07) is 0. The fourth-order valence-corrected chi connectivity index (χ4v) is 2.24. The number of hydrogen-bond acceptors (Lipinski definition) is 4. The van der Waals surface area contributed by atoms with Crippen LogP contribution in [0.2, 0.25) is 0 Å². The highest BCUT2D eigenvalue weighted by Gasteiger charge is 2.37. The fourth-order valence-electron chi connectivity index (χ4n) is 1.36. The van der Waals surface area contributed by atoms with E-state index in [1.807, 2.05) is 0 Å². The van der Waals surface area contributed by atoms with Gasteiger partial charge in [0.05, 0.1) is 4.88 Å². The Morgan fingerprint density at radius 2 is 2.06 bits per heavy atom. The highest BCUT2D eigenvalue weighted by atomic mass is 32.1. The van der Waals surface area contributed by atoms with Gasteiger partial charge < -0.3 is 11.1 Å². The van der Waals surface area contributed by atoms with E-state index in [2.05, 4.69) is 17.2 Å². The quantitative estimate of drug-likeness (QED) is 0.778. The minimum absolute atomic E-state index is 0.0792. The van der Waals surface area contributed by atoms with E-state index in [0.717, 1.165) is 30.6 Å². The molecule has 17 heavy (non-hydrogen) atoms. The van der Waals surface area contributed by atoms with Crippen LogP contribution in [0.25, 0.3) is 0 Å². The maximum Gasteiger partial charge on any atom is 0.434 e. The molecule has 1 heterocycles. The highest BCUT2D eigenvalue weighted by Crippen LogP contribution is 2.35. The molecule has 1 aromatic rings. The van der Waals surface area contributed by atoms with Crippen molar-refractivity contribution < 1.29 is 13.2 Å². The van der Waals surface area contributed by atoms with Crippen molar-refractivity contribution in [3.05, 3.63) is 10.6 Å². The smallest absolute Gasteiger partial charge is 0.362 e. The van der Waals surface area contributed by atoms with Crippen LogP contribution in [0, 0.1) is 0 Å². The first-order valence-corrected chi connectivity index (χ1v) is 6.31. The van der Waals surface area contributed by atoms with E-state index in [1.165, 1.54) is 0 Å². The molecule has 0 aliphatic carbocycles. The molecule has 0 bridgehead atoms. The first-order chi connectivity index (χ1) is 7.99. The molecule has 0 fully saturated rings. The first-order valence-electron chi connectivity index (χ1n) is 5.49. The van der Waals surface area contributed by atoms with Crippen molar-refractivity contribution in [3.8, 4) is 0 Å². The summed E-state index contributed by atoms with van der Waals surface area (Å²) in [4.78, 5) is 3.63. The summed E-state index contributed by atoms with van der Waals surface area (Å²) in [5, 5.41) is 3.20. The van der Waals surface area contributed by atoms with Crippen molar-refractivity contribution in [2.75, 3.05) is 11.9 Å². The van der Waals surface area contributed by atoms with E-state index >= 15 is 0 Å². The second kappa shape index (κ2) is 6.20. The van der Waals surface area contributed by atoms with Gasteiger partial charge in [0, 0.05) is 13.1 Å². The van der Waals surface area contributed by atoms with Crippen molar-refractivity contribution >= 4 is 16.5 Å². The molecule has 1 aromatic heterocycles. The molecule has 0 aliphatic heterocycles. The number of nitrogens with one attached hydrogen (secondary N) is 1. The maximum atomic E-state index is 12.6. The van der Waals surface area contributed by atoms with Crippen LogP contribution in [0.5, 0.6) is 0 Å². The van der Waals surface area contributed by atoms with Gasteiger partial charge in [-0.15, -0.1) is 11.3 Å². The lowest BCUT2D eigenvalue weighted by Crippen LogP contribution is -2.11. The van der Waals surface area contributed by atoms with E-state index in [-0.39, 0.29) is 11.4 Å². The number of aromatic nitrogens is 1. The predicted molar refractivity (Wildman–Crippen MR) is 63.0 cm³/mol. The number of halogens is 3. The van der Waals surface area contributed by atoms with Gasteiger partial charge in [0.15, 0.2) is 10.8 Å². The van der Waals surface area contributed by atoms with Crippen LogP contribution < -0.4 is 11.1 Å².